The normalized spacial score (nSPS) is 17.2. The molecule has 1 fully saturated rings. The number of hydrogen-bond acceptors (Lipinski definition) is 5. The second-order valence-corrected chi connectivity index (χ2v) is 12.7. The Labute approximate surface area is 235 Å². The number of anilines is 1. The molecule has 1 unspecified atom stereocenters. The summed E-state index contributed by atoms with van der Waals surface area (Å²) in [5.74, 6) is -1.40. The third-order valence-electron chi connectivity index (χ3n) is 7.70. The average Bonchev–Trinajstić information content (AvgIpc) is 3.19. The van der Waals surface area contributed by atoms with Crippen LogP contribution in [0.4, 0.5) is 5.69 Å². The van der Waals surface area contributed by atoms with Crippen LogP contribution in [0.15, 0.2) is 83.8 Å². The summed E-state index contributed by atoms with van der Waals surface area (Å²) in [5.41, 5.74) is 2.21. The van der Waals surface area contributed by atoms with Gasteiger partial charge in [-0.05, 0) is 73.1 Å². The zero-order valence-corrected chi connectivity index (χ0v) is 23.4. The van der Waals surface area contributed by atoms with Crippen LogP contribution in [0.1, 0.15) is 53.0 Å². The number of fused-ring (bicyclic) bond motifs is 1. The van der Waals surface area contributed by atoms with Crippen molar-refractivity contribution in [1.29, 1.82) is 0 Å². The summed E-state index contributed by atoms with van der Waals surface area (Å²) in [6, 6.07) is 21.8. The molecule has 3 aromatic carbocycles. The quantitative estimate of drug-likeness (QED) is 0.407. The van der Waals surface area contributed by atoms with Crippen molar-refractivity contribution in [3.05, 3.63) is 95.6 Å². The van der Waals surface area contributed by atoms with Crippen molar-refractivity contribution in [2.24, 2.45) is 11.8 Å². The van der Waals surface area contributed by atoms with Crippen molar-refractivity contribution in [1.82, 2.24) is 9.21 Å². The lowest BCUT2D eigenvalue weighted by molar-refractivity contribution is -0.121. The molecule has 5 rings (SSSR count). The van der Waals surface area contributed by atoms with Crippen LogP contribution in [0.3, 0.4) is 0 Å². The highest BCUT2D eigenvalue weighted by molar-refractivity contribution is 7.89. The number of sulfonamides is 1. The van der Waals surface area contributed by atoms with Crippen molar-refractivity contribution in [3.63, 3.8) is 0 Å². The number of benzene rings is 3. The van der Waals surface area contributed by atoms with Crippen LogP contribution < -0.4 is 5.32 Å². The van der Waals surface area contributed by atoms with Gasteiger partial charge in [-0.15, -0.1) is 0 Å². The molecule has 3 aromatic rings. The van der Waals surface area contributed by atoms with E-state index in [0.29, 0.717) is 24.7 Å². The Balaban J connectivity index is 1.23. The van der Waals surface area contributed by atoms with Crippen LogP contribution in [0.5, 0.6) is 0 Å². The lowest BCUT2D eigenvalue weighted by atomic mass is 9.91. The third kappa shape index (κ3) is 5.44. The molecule has 0 bridgehead atoms. The molecule has 208 valence electrons. The maximum absolute atomic E-state index is 13.3. The molecule has 8 nitrogen and oxygen atoms in total. The van der Waals surface area contributed by atoms with Gasteiger partial charge in [0.15, 0.2) is 0 Å². The molecular weight excluding hydrogens is 526 g/mol. The molecule has 2 heterocycles. The Morgan fingerprint density at radius 1 is 0.850 bits per heavy atom. The smallest absolute Gasteiger partial charge is 0.262 e. The molecule has 2 aliphatic heterocycles. The van der Waals surface area contributed by atoms with E-state index in [-0.39, 0.29) is 21.9 Å². The fraction of sp³-hybridized carbons (Fsp3) is 0.323. The summed E-state index contributed by atoms with van der Waals surface area (Å²) < 4.78 is 28.1. The number of piperidine rings is 1. The molecule has 1 N–H and O–H groups in total. The van der Waals surface area contributed by atoms with E-state index in [1.54, 1.807) is 38.1 Å². The van der Waals surface area contributed by atoms with Gasteiger partial charge < -0.3 is 5.32 Å². The Morgan fingerprint density at radius 3 is 1.95 bits per heavy atom. The lowest BCUT2D eigenvalue weighted by Crippen LogP contribution is -2.50. The van der Waals surface area contributed by atoms with Crippen LogP contribution >= 0.6 is 0 Å². The SMILES string of the molecule is CC(C)C(C(=O)Nc1ccc(S(=O)(=O)N2CCC(Cc3ccccc3)CC2)cc1)N1C(=O)c2ccccc2C1=O. The van der Waals surface area contributed by atoms with Gasteiger partial charge in [-0.3, -0.25) is 19.3 Å². The van der Waals surface area contributed by atoms with E-state index >= 15 is 0 Å². The van der Waals surface area contributed by atoms with Crippen LogP contribution in [0, 0.1) is 11.8 Å². The molecule has 0 aromatic heterocycles. The Bertz CT molecular complexity index is 1480. The maximum Gasteiger partial charge on any atom is 0.262 e. The van der Waals surface area contributed by atoms with Crippen LogP contribution in [0.2, 0.25) is 0 Å². The highest BCUT2D eigenvalue weighted by Crippen LogP contribution is 2.29. The lowest BCUT2D eigenvalue weighted by Gasteiger charge is -2.31. The summed E-state index contributed by atoms with van der Waals surface area (Å²) >= 11 is 0. The number of rotatable bonds is 8. The fourth-order valence-electron chi connectivity index (χ4n) is 5.56. The maximum atomic E-state index is 13.3. The molecule has 0 saturated carbocycles. The number of nitrogens with zero attached hydrogens (tertiary/aromatic N) is 2. The van der Waals surface area contributed by atoms with E-state index in [1.165, 1.54) is 34.1 Å². The highest BCUT2D eigenvalue weighted by atomic mass is 32.2. The first-order valence-corrected chi connectivity index (χ1v) is 15.0. The number of amides is 3. The molecular formula is C31H33N3O5S. The largest absolute Gasteiger partial charge is 0.324 e. The van der Waals surface area contributed by atoms with Gasteiger partial charge in [-0.25, -0.2) is 8.42 Å². The Hall–Kier alpha value is -3.82. The third-order valence-corrected chi connectivity index (χ3v) is 9.62. The molecule has 9 heteroatoms. The van der Waals surface area contributed by atoms with E-state index in [9.17, 15) is 22.8 Å². The molecule has 1 saturated heterocycles. The van der Waals surface area contributed by atoms with E-state index < -0.39 is 33.8 Å². The first-order chi connectivity index (χ1) is 19.2. The summed E-state index contributed by atoms with van der Waals surface area (Å²) in [6.45, 7) is 4.47. The van der Waals surface area contributed by atoms with Gasteiger partial charge in [0.1, 0.15) is 6.04 Å². The monoisotopic (exact) mass is 559 g/mol. The minimum absolute atomic E-state index is 0.160. The summed E-state index contributed by atoms with van der Waals surface area (Å²) in [7, 11) is -3.67. The predicted molar refractivity (Wildman–Crippen MR) is 152 cm³/mol. The van der Waals surface area contributed by atoms with E-state index in [2.05, 4.69) is 17.4 Å². The van der Waals surface area contributed by atoms with E-state index in [4.69, 9.17) is 0 Å². The predicted octanol–water partition coefficient (Wildman–Crippen LogP) is 4.59. The Kier molecular flexibility index (Phi) is 7.87. The summed E-state index contributed by atoms with van der Waals surface area (Å²) in [6.07, 6.45) is 2.55. The topological polar surface area (TPSA) is 104 Å². The van der Waals surface area contributed by atoms with Crippen molar-refractivity contribution in [3.8, 4) is 0 Å². The van der Waals surface area contributed by atoms with Gasteiger partial charge in [0.2, 0.25) is 15.9 Å². The Morgan fingerprint density at radius 2 is 1.40 bits per heavy atom. The number of carbonyl (C=O) groups is 3. The van der Waals surface area contributed by atoms with Gasteiger partial charge >= 0.3 is 0 Å². The second-order valence-electron chi connectivity index (χ2n) is 10.8. The number of imide groups is 1. The molecule has 0 spiro atoms. The molecule has 0 aliphatic carbocycles. The van der Waals surface area contributed by atoms with Crippen LogP contribution in [-0.4, -0.2) is 54.5 Å². The van der Waals surface area contributed by atoms with E-state index in [0.717, 1.165) is 24.2 Å². The van der Waals surface area contributed by atoms with Crippen LogP contribution in [0.25, 0.3) is 0 Å². The first-order valence-electron chi connectivity index (χ1n) is 13.6. The number of carbonyl (C=O) groups excluding carboxylic acids is 3. The van der Waals surface area contributed by atoms with Gasteiger partial charge in [-0.1, -0.05) is 56.3 Å². The number of hydrogen-bond donors (Lipinski definition) is 1. The van der Waals surface area contributed by atoms with Gasteiger partial charge in [0, 0.05) is 18.8 Å². The molecule has 2 aliphatic rings. The van der Waals surface area contributed by atoms with Gasteiger partial charge in [-0.2, -0.15) is 4.31 Å². The minimum atomic E-state index is -3.67. The fourth-order valence-corrected chi connectivity index (χ4v) is 7.03. The second kappa shape index (κ2) is 11.3. The number of nitrogens with one attached hydrogen (secondary N) is 1. The zero-order chi connectivity index (χ0) is 28.4. The standard InChI is InChI=1S/C31H33N3O5S/c1-21(2)28(34-30(36)26-10-6-7-11-27(26)31(34)37)29(35)32-24-12-14-25(15-13-24)40(38,39)33-18-16-23(17-19-33)20-22-8-4-3-5-9-22/h3-15,21,23,28H,16-20H2,1-2H3,(H,32,35). The first kappa shape index (κ1) is 27.7. The summed E-state index contributed by atoms with van der Waals surface area (Å²) in [4.78, 5) is 40.4. The average molecular weight is 560 g/mol. The van der Waals surface area contributed by atoms with Gasteiger partial charge in [0.25, 0.3) is 11.8 Å². The molecule has 1 atom stereocenters. The van der Waals surface area contributed by atoms with Crippen molar-refractivity contribution < 1.29 is 22.8 Å². The summed E-state index contributed by atoms with van der Waals surface area (Å²) in [5, 5.41) is 2.76. The van der Waals surface area contributed by atoms with Gasteiger partial charge in [0.05, 0.1) is 16.0 Å². The molecule has 3 amide bonds. The van der Waals surface area contributed by atoms with Crippen molar-refractivity contribution in [2.45, 2.75) is 44.0 Å². The highest BCUT2D eigenvalue weighted by Gasteiger charge is 2.44. The van der Waals surface area contributed by atoms with Crippen molar-refractivity contribution >= 4 is 33.4 Å². The minimum Gasteiger partial charge on any atom is -0.324 e. The molecule has 40 heavy (non-hydrogen) atoms. The van der Waals surface area contributed by atoms with E-state index in [1.807, 2.05) is 18.2 Å². The van der Waals surface area contributed by atoms with Crippen LogP contribution in [-0.2, 0) is 21.2 Å². The molecule has 0 radical (unpaired) electrons. The van der Waals surface area contributed by atoms with Crippen molar-refractivity contribution in [2.75, 3.05) is 18.4 Å². The zero-order valence-electron chi connectivity index (χ0n) is 22.6.